The molecule has 2 unspecified atom stereocenters. The van der Waals surface area contributed by atoms with E-state index in [0.29, 0.717) is 0 Å². The van der Waals surface area contributed by atoms with Crippen LogP contribution in [0.3, 0.4) is 0 Å². The first kappa shape index (κ1) is 16.2. The lowest BCUT2D eigenvalue weighted by molar-refractivity contribution is -0.123. The third-order valence-electron chi connectivity index (χ3n) is 3.90. The maximum absolute atomic E-state index is 12.1. The van der Waals surface area contributed by atoms with Crippen LogP contribution in [-0.4, -0.2) is 33.2 Å². The van der Waals surface area contributed by atoms with Crippen molar-refractivity contribution in [2.75, 3.05) is 6.61 Å². The second kappa shape index (κ2) is 7.75. The average Bonchev–Trinajstić information content (AvgIpc) is 3.01. The number of imidazole rings is 1. The van der Waals surface area contributed by atoms with Crippen LogP contribution >= 0.6 is 0 Å². The third-order valence-corrected chi connectivity index (χ3v) is 3.90. The predicted octanol–water partition coefficient (Wildman–Crippen LogP) is 2.07. The number of aliphatic hydroxyl groups is 1. The molecule has 5 nitrogen and oxygen atoms in total. The highest BCUT2D eigenvalue weighted by atomic mass is 16.3. The Morgan fingerprint density at radius 3 is 2.73 bits per heavy atom. The first-order chi connectivity index (χ1) is 10.6. The molecule has 2 rings (SSSR count). The molecular weight excluding hydrogens is 278 g/mol. The molecule has 22 heavy (non-hydrogen) atoms. The standard InChI is InChI=1S/C17H23N3O2/c1-3-13(2)16(11-21)19-17(22)10-20-9-15(18-12-20)14-7-5-4-6-8-14/h4-9,12-13,16,21H,3,10-11H2,1-2H3,(H,19,22). The number of nitrogens with zero attached hydrogens (tertiary/aromatic N) is 2. The van der Waals surface area contributed by atoms with E-state index >= 15 is 0 Å². The summed E-state index contributed by atoms with van der Waals surface area (Å²) in [5, 5.41) is 12.2. The van der Waals surface area contributed by atoms with Crippen LogP contribution in [-0.2, 0) is 11.3 Å². The molecule has 5 heteroatoms. The monoisotopic (exact) mass is 301 g/mol. The van der Waals surface area contributed by atoms with Gasteiger partial charge in [0.2, 0.25) is 5.91 Å². The predicted molar refractivity (Wildman–Crippen MR) is 86.1 cm³/mol. The van der Waals surface area contributed by atoms with Crippen LogP contribution in [0.2, 0.25) is 0 Å². The van der Waals surface area contributed by atoms with Crippen molar-refractivity contribution in [2.24, 2.45) is 5.92 Å². The Morgan fingerprint density at radius 2 is 2.09 bits per heavy atom. The summed E-state index contributed by atoms with van der Waals surface area (Å²) in [5.74, 6) is 0.132. The van der Waals surface area contributed by atoms with Crippen molar-refractivity contribution in [1.29, 1.82) is 0 Å². The highest BCUT2D eigenvalue weighted by molar-refractivity contribution is 5.76. The normalized spacial score (nSPS) is 13.6. The molecule has 0 spiro atoms. The first-order valence-corrected chi connectivity index (χ1v) is 7.61. The van der Waals surface area contributed by atoms with Crippen LogP contribution in [0.5, 0.6) is 0 Å². The smallest absolute Gasteiger partial charge is 0.240 e. The van der Waals surface area contributed by atoms with Gasteiger partial charge in [-0.2, -0.15) is 0 Å². The number of hydrogen-bond acceptors (Lipinski definition) is 3. The van der Waals surface area contributed by atoms with Gasteiger partial charge in [-0.25, -0.2) is 4.98 Å². The molecule has 0 aliphatic rings. The lowest BCUT2D eigenvalue weighted by atomic mass is 10.00. The van der Waals surface area contributed by atoms with Gasteiger partial charge >= 0.3 is 0 Å². The topological polar surface area (TPSA) is 67.2 Å². The number of carbonyl (C=O) groups excluding carboxylic acids is 1. The fraction of sp³-hybridized carbons (Fsp3) is 0.412. The fourth-order valence-electron chi connectivity index (χ4n) is 2.28. The van der Waals surface area contributed by atoms with Gasteiger partial charge in [-0.15, -0.1) is 0 Å². The zero-order chi connectivity index (χ0) is 15.9. The van der Waals surface area contributed by atoms with Gasteiger partial charge in [0.25, 0.3) is 0 Å². The number of aromatic nitrogens is 2. The molecule has 1 heterocycles. The van der Waals surface area contributed by atoms with E-state index in [1.165, 1.54) is 0 Å². The number of benzene rings is 1. The number of carbonyl (C=O) groups is 1. The van der Waals surface area contributed by atoms with Gasteiger partial charge in [0.15, 0.2) is 0 Å². The van der Waals surface area contributed by atoms with Crippen LogP contribution in [0.25, 0.3) is 11.3 Å². The van der Waals surface area contributed by atoms with Gasteiger partial charge in [-0.05, 0) is 5.92 Å². The van der Waals surface area contributed by atoms with Gasteiger partial charge in [-0.3, -0.25) is 4.79 Å². The second-order valence-corrected chi connectivity index (χ2v) is 5.54. The molecule has 1 aromatic carbocycles. The second-order valence-electron chi connectivity index (χ2n) is 5.54. The van der Waals surface area contributed by atoms with Crippen LogP contribution in [0.15, 0.2) is 42.9 Å². The Morgan fingerprint density at radius 1 is 1.36 bits per heavy atom. The van der Waals surface area contributed by atoms with Gasteiger partial charge in [0, 0.05) is 11.8 Å². The number of amides is 1. The van der Waals surface area contributed by atoms with Crippen LogP contribution in [0.4, 0.5) is 0 Å². The number of nitrogens with one attached hydrogen (secondary N) is 1. The Bertz CT molecular complexity index is 595. The maximum Gasteiger partial charge on any atom is 0.240 e. The van der Waals surface area contributed by atoms with Gasteiger partial charge < -0.3 is 15.0 Å². The molecule has 0 radical (unpaired) electrons. The minimum absolute atomic E-state index is 0.0417. The van der Waals surface area contributed by atoms with E-state index in [4.69, 9.17) is 0 Å². The van der Waals surface area contributed by atoms with Crippen LogP contribution in [0, 0.1) is 5.92 Å². The molecule has 2 aromatic rings. The van der Waals surface area contributed by atoms with E-state index in [1.807, 2.05) is 50.4 Å². The van der Waals surface area contributed by atoms with Crippen LogP contribution < -0.4 is 5.32 Å². The van der Waals surface area contributed by atoms with Crippen molar-refractivity contribution in [1.82, 2.24) is 14.9 Å². The van der Waals surface area contributed by atoms with Gasteiger partial charge in [0.05, 0.1) is 24.7 Å². The molecule has 0 aliphatic carbocycles. The van der Waals surface area contributed by atoms with Gasteiger partial charge in [0.1, 0.15) is 6.54 Å². The minimum Gasteiger partial charge on any atom is -0.394 e. The van der Waals surface area contributed by atoms with Crippen molar-refractivity contribution in [3.8, 4) is 11.3 Å². The summed E-state index contributed by atoms with van der Waals surface area (Å²) < 4.78 is 1.75. The first-order valence-electron chi connectivity index (χ1n) is 7.61. The van der Waals surface area contributed by atoms with E-state index in [2.05, 4.69) is 10.3 Å². The summed E-state index contributed by atoms with van der Waals surface area (Å²) in [4.78, 5) is 16.4. The molecule has 0 saturated heterocycles. The summed E-state index contributed by atoms with van der Waals surface area (Å²) >= 11 is 0. The maximum atomic E-state index is 12.1. The third kappa shape index (κ3) is 4.18. The molecule has 0 saturated carbocycles. The van der Waals surface area contributed by atoms with Crippen LogP contribution in [0.1, 0.15) is 20.3 Å². The molecule has 0 fully saturated rings. The lowest BCUT2D eigenvalue weighted by Gasteiger charge is -2.22. The summed E-state index contributed by atoms with van der Waals surface area (Å²) in [6.07, 6.45) is 4.42. The fourth-order valence-corrected chi connectivity index (χ4v) is 2.28. The van der Waals surface area contributed by atoms with Gasteiger partial charge in [-0.1, -0.05) is 50.6 Å². The van der Waals surface area contributed by atoms with E-state index in [0.717, 1.165) is 17.7 Å². The summed E-state index contributed by atoms with van der Waals surface area (Å²) in [7, 11) is 0. The highest BCUT2D eigenvalue weighted by Gasteiger charge is 2.17. The Kier molecular flexibility index (Phi) is 5.72. The van der Waals surface area contributed by atoms with Crippen molar-refractivity contribution in [2.45, 2.75) is 32.9 Å². The molecule has 2 atom stereocenters. The van der Waals surface area contributed by atoms with Crippen molar-refractivity contribution in [3.63, 3.8) is 0 Å². The highest BCUT2D eigenvalue weighted by Crippen LogP contribution is 2.15. The van der Waals surface area contributed by atoms with Crippen molar-refractivity contribution < 1.29 is 9.90 Å². The quantitative estimate of drug-likeness (QED) is 0.822. The zero-order valence-electron chi connectivity index (χ0n) is 13.1. The Labute approximate surface area is 131 Å². The molecule has 1 amide bonds. The largest absolute Gasteiger partial charge is 0.394 e. The SMILES string of the molecule is CCC(C)C(CO)NC(=O)Cn1cnc(-c2ccccc2)c1. The van der Waals surface area contributed by atoms with E-state index in [1.54, 1.807) is 10.9 Å². The average molecular weight is 301 g/mol. The van der Waals surface area contributed by atoms with Crippen molar-refractivity contribution >= 4 is 5.91 Å². The molecular formula is C17H23N3O2. The number of hydrogen-bond donors (Lipinski definition) is 2. The zero-order valence-corrected chi connectivity index (χ0v) is 13.1. The molecule has 1 aromatic heterocycles. The van der Waals surface area contributed by atoms with E-state index in [9.17, 15) is 9.90 Å². The molecule has 0 aliphatic heterocycles. The Balaban J connectivity index is 1.96. The lowest BCUT2D eigenvalue weighted by Crippen LogP contribution is -2.43. The number of aliphatic hydroxyl groups excluding tert-OH is 1. The molecule has 118 valence electrons. The minimum atomic E-state index is -0.199. The Hall–Kier alpha value is -2.14. The van der Waals surface area contributed by atoms with E-state index < -0.39 is 0 Å². The summed E-state index contributed by atoms with van der Waals surface area (Å²) in [5.41, 5.74) is 1.86. The molecule has 0 bridgehead atoms. The summed E-state index contributed by atoms with van der Waals surface area (Å²) in [6, 6.07) is 9.64. The van der Waals surface area contributed by atoms with E-state index in [-0.39, 0.29) is 31.0 Å². The number of rotatable bonds is 7. The summed E-state index contributed by atoms with van der Waals surface area (Å²) in [6.45, 7) is 4.22. The molecule has 2 N–H and O–H groups in total. The van der Waals surface area contributed by atoms with Crippen molar-refractivity contribution in [3.05, 3.63) is 42.9 Å².